The summed E-state index contributed by atoms with van der Waals surface area (Å²) in [6.45, 7) is 1.88. The first-order valence-corrected chi connectivity index (χ1v) is 5.43. The van der Waals surface area contributed by atoms with E-state index in [-0.39, 0.29) is 5.56 Å². The highest BCUT2D eigenvalue weighted by atomic mass is 16.5. The molecule has 0 aliphatic carbocycles. The molecule has 0 unspecified atom stereocenters. The average molecular weight is 243 g/mol. The number of nitrogen functional groups attached to an aromatic ring is 1. The SMILES string of the molecule is Cc1cc(N)ccc1Oc1cccc(C(=O)O)c1. The quantitative estimate of drug-likeness (QED) is 0.812. The molecule has 2 aromatic rings. The Bertz CT molecular complexity index is 593. The fourth-order valence-corrected chi connectivity index (χ4v) is 1.61. The van der Waals surface area contributed by atoms with Crippen LogP contribution in [-0.2, 0) is 0 Å². The summed E-state index contributed by atoms with van der Waals surface area (Å²) in [5.74, 6) is 0.170. The molecule has 0 saturated heterocycles. The highest BCUT2D eigenvalue weighted by Crippen LogP contribution is 2.26. The van der Waals surface area contributed by atoms with E-state index in [1.807, 2.05) is 6.92 Å². The van der Waals surface area contributed by atoms with E-state index in [1.54, 1.807) is 30.3 Å². The lowest BCUT2D eigenvalue weighted by Gasteiger charge is -2.09. The third-order valence-electron chi connectivity index (χ3n) is 2.51. The van der Waals surface area contributed by atoms with Crippen LogP contribution in [0.5, 0.6) is 11.5 Å². The van der Waals surface area contributed by atoms with Crippen LogP contribution < -0.4 is 10.5 Å². The topological polar surface area (TPSA) is 72.5 Å². The third-order valence-corrected chi connectivity index (χ3v) is 2.51. The van der Waals surface area contributed by atoms with Crippen molar-refractivity contribution in [1.29, 1.82) is 0 Å². The normalized spacial score (nSPS) is 10.1. The maximum atomic E-state index is 10.8. The molecule has 4 nitrogen and oxygen atoms in total. The van der Waals surface area contributed by atoms with Crippen LogP contribution in [0.1, 0.15) is 15.9 Å². The van der Waals surface area contributed by atoms with Gasteiger partial charge in [-0.15, -0.1) is 0 Å². The summed E-state index contributed by atoms with van der Waals surface area (Å²) in [5.41, 5.74) is 7.41. The zero-order chi connectivity index (χ0) is 13.1. The molecule has 0 aromatic heterocycles. The van der Waals surface area contributed by atoms with Gasteiger partial charge in [0.15, 0.2) is 0 Å². The second-order valence-electron chi connectivity index (χ2n) is 3.96. The van der Waals surface area contributed by atoms with E-state index < -0.39 is 5.97 Å². The van der Waals surface area contributed by atoms with Gasteiger partial charge in [0.2, 0.25) is 0 Å². The molecule has 0 radical (unpaired) electrons. The maximum Gasteiger partial charge on any atom is 0.335 e. The standard InChI is InChI=1S/C14H13NO3/c1-9-7-11(15)5-6-13(9)18-12-4-2-3-10(8-12)14(16)17/h2-8H,15H2,1H3,(H,16,17). The zero-order valence-electron chi connectivity index (χ0n) is 9.88. The van der Waals surface area contributed by atoms with Gasteiger partial charge < -0.3 is 15.6 Å². The van der Waals surface area contributed by atoms with Gasteiger partial charge in [-0.05, 0) is 48.9 Å². The Morgan fingerprint density at radius 2 is 2.00 bits per heavy atom. The van der Waals surface area contributed by atoms with Crippen molar-refractivity contribution in [3.63, 3.8) is 0 Å². The number of hydrogen-bond acceptors (Lipinski definition) is 3. The van der Waals surface area contributed by atoms with Crippen molar-refractivity contribution in [2.45, 2.75) is 6.92 Å². The van der Waals surface area contributed by atoms with Crippen LogP contribution in [0.2, 0.25) is 0 Å². The van der Waals surface area contributed by atoms with Crippen LogP contribution in [0, 0.1) is 6.92 Å². The molecule has 2 aromatic carbocycles. The molecule has 4 heteroatoms. The number of aromatic carboxylic acids is 1. The van der Waals surface area contributed by atoms with Crippen LogP contribution in [0.3, 0.4) is 0 Å². The van der Waals surface area contributed by atoms with Crippen molar-refractivity contribution < 1.29 is 14.6 Å². The first-order valence-electron chi connectivity index (χ1n) is 5.43. The summed E-state index contributed by atoms with van der Waals surface area (Å²) in [6.07, 6.45) is 0. The molecular weight excluding hydrogens is 230 g/mol. The lowest BCUT2D eigenvalue weighted by molar-refractivity contribution is 0.0696. The third kappa shape index (κ3) is 2.60. The van der Waals surface area contributed by atoms with E-state index in [4.69, 9.17) is 15.6 Å². The van der Waals surface area contributed by atoms with Crippen LogP contribution >= 0.6 is 0 Å². The van der Waals surface area contributed by atoms with E-state index in [1.165, 1.54) is 12.1 Å². The summed E-state index contributed by atoms with van der Waals surface area (Å²) in [7, 11) is 0. The zero-order valence-corrected chi connectivity index (χ0v) is 9.88. The van der Waals surface area contributed by atoms with Crippen molar-refractivity contribution in [3.05, 3.63) is 53.6 Å². The van der Waals surface area contributed by atoms with Crippen molar-refractivity contribution in [3.8, 4) is 11.5 Å². The minimum Gasteiger partial charge on any atom is -0.478 e. The highest BCUT2D eigenvalue weighted by Gasteiger charge is 2.06. The van der Waals surface area contributed by atoms with E-state index in [2.05, 4.69) is 0 Å². The molecule has 0 aliphatic rings. The molecule has 0 fully saturated rings. The van der Waals surface area contributed by atoms with Crippen molar-refractivity contribution in [1.82, 2.24) is 0 Å². The average Bonchev–Trinajstić information content (AvgIpc) is 2.33. The summed E-state index contributed by atoms with van der Waals surface area (Å²) in [4.78, 5) is 10.8. The first-order chi connectivity index (χ1) is 8.56. The van der Waals surface area contributed by atoms with Gasteiger partial charge in [-0.2, -0.15) is 0 Å². The van der Waals surface area contributed by atoms with Crippen molar-refractivity contribution in [2.75, 3.05) is 5.73 Å². The fourth-order valence-electron chi connectivity index (χ4n) is 1.61. The predicted octanol–water partition coefficient (Wildman–Crippen LogP) is 3.07. The molecule has 0 spiro atoms. The monoisotopic (exact) mass is 243 g/mol. The van der Waals surface area contributed by atoms with Gasteiger partial charge in [-0.1, -0.05) is 6.07 Å². The molecule has 2 rings (SSSR count). The number of ether oxygens (including phenoxy) is 1. The maximum absolute atomic E-state index is 10.8. The van der Waals surface area contributed by atoms with Gasteiger partial charge in [0.05, 0.1) is 5.56 Å². The van der Waals surface area contributed by atoms with E-state index in [9.17, 15) is 4.79 Å². The highest BCUT2D eigenvalue weighted by molar-refractivity contribution is 5.88. The fraction of sp³-hybridized carbons (Fsp3) is 0.0714. The summed E-state index contributed by atoms with van der Waals surface area (Å²) < 4.78 is 5.64. The van der Waals surface area contributed by atoms with E-state index in [0.717, 1.165) is 5.56 Å². The molecule has 3 N–H and O–H groups in total. The Labute approximate surface area is 105 Å². The number of nitrogens with two attached hydrogens (primary N) is 1. The van der Waals surface area contributed by atoms with Gasteiger partial charge in [0.1, 0.15) is 11.5 Å². The van der Waals surface area contributed by atoms with Crippen LogP contribution in [-0.4, -0.2) is 11.1 Å². The number of carbonyl (C=O) groups is 1. The molecule has 18 heavy (non-hydrogen) atoms. The number of aryl methyl sites for hydroxylation is 1. The molecule has 0 bridgehead atoms. The second kappa shape index (κ2) is 4.79. The lowest BCUT2D eigenvalue weighted by atomic mass is 10.2. The molecular formula is C14H13NO3. The minimum atomic E-state index is -0.977. The molecule has 0 saturated carbocycles. The van der Waals surface area contributed by atoms with Gasteiger partial charge in [0.25, 0.3) is 0 Å². The predicted molar refractivity (Wildman–Crippen MR) is 69.1 cm³/mol. The van der Waals surface area contributed by atoms with Crippen LogP contribution in [0.4, 0.5) is 5.69 Å². The Balaban J connectivity index is 2.28. The number of anilines is 1. The number of hydrogen-bond donors (Lipinski definition) is 2. The first kappa shape index (κ1) is 12.0. The van der Waals surface area contributed by atoms with Gasteiger partial charge in [-0.3, -0.25) is 0 Å². The van der Waals surface area contributed by atoms with Crippen LogP contribution in [0.25, 0.3) is 0 Å². The van der Waals surface area contributed by atoms with Gasteiger partial charge >= 0.3 is 5.97 Å². The van der Waals surface area contributed by atoms with Gasteiger partial charge in [-0.25, -0.2) is 4.79 Å². The minimum absolute atomic E-state index is 0.195. The number of carboxylic acids is 1. The Morgan fingerprint density at radius 3 is 2.67 bits per heavy atom. The van der Waals surface area contributed by atoms with Crippen LogP contribution in [0.15, 0.2) is 42.5 Å². The molecule has 92 valence electrons. The number of rotatable bonds is 3. The Kier molecular flexibility index (Phi) is 3.19. The largest absolute Gasteiger partial charge is 0.478 e. The summed E-state index contributed by atoms with van der Waals surface area (Å²) in [5, 5.41) is 8.89. The smallest absolute Gasteiger partial charge is 0.335 e. The van der Waals surface area contributed by atoms with Crippen molar-refractivity contribution in [2.24, 2.45) is 0 Å². The Hall–Kier alpha value is -2.49. The van der Waals surface area contributed by atoms with E-state index >= 15 is 0 Å². The molecule has 0 amide bonds. The van der Waals surface area contributed by atoms with Gasteiger partial charge in [0, 0.05) is 5.69 Å². The number of benzene rings is 2. The Morgan fingerprint density at radius 1 is 1.22 bits per heavy atom. The molecule has 0 heterocycles. The second-order valence-corrected chi connectivity index (χ2v) is 3.96. The van der Waals surface area contributed by atoms with Crippen molar-refractivity contribution >= 4 is 11.7 Å². The molecule has 0 atom stereocenters. The summed E-state index contributed by atoms with van der Waals surface area (Å²) >= 11 is 0. The summed E-state index contributed by atoms with van der Waals surface area (Å²) in [6, 6.07) is 11.7. The lowest BCUT2D eigenvalue weighted by Crippen LogP contribution is -1.96. The number of carboxylic acid groups (broad SMARTS) is 1. The van der Waals surface area contributed by atoms with E-state index in [0.29, 0.717) is 17.2 Å². The molecule has 0 aliphatic heterocycles.